The molecule has 1 aromatic rings. The van der Waals surface area contributed by atoms with Crippen LogP contribution < -0.4 is 18.6 Å². The molecule has 0 radical (unpaired) electrons. The van der Waals surface area contributed by atoms with Gasteiger partial charge in [0.25, 0.3) is 0 Å². The predicted molar refractivity (Wildman–Crippen MR) is 37.3 cm³/mol. The molecule has 1 heterocycles. The van der Waals surface area contributed by atoms with Crippen molar-refractivity contribution < 1.29 is 33.3 Å². The maximum Gasteiger partial charge on any atom is 0.329 e. The molecule has 6 heteroatoms. The van der Waals surface area contributed by atoms with Crippen LogP contribution in [0.25, 0.3) is 0 Å². The van der Waals surface area contributed by atoms with Crippen molar-refractivity contribution >= 4 is 0 Å². The van der Waals surface area contributed by atoms with E-state index in [4.69, 9.17) is 23.1 Å². The Morgan fingerprint density at radius 1 is 1.07 bits per heavy atom. The lowest BCUT2D eigenvalue weighted by Crippen LogP contribution is -2.68. The van der Waals surface area contributed by atoms with Crippen LogP contribution in [0.5, 0.6) is 0 Å². The summed E-state index contributed by atoms with van der Waals surface area (Å²) >= 11 is 0. The number of rotatable bonds is 0. The summed E-state index contributed by atoms with van der Waals surface area (Å²) in [5.74, 6) is 1.01. The molecule has 0 aliphatic rings. The third kappa shape index (κ3) is 6.76. The largest absolute Gasteiger partial charge is 0.329 e. The summed E-state index contributed by atoms with van der Waals surface area (Å²) < 4.78 is 39.1. The van der Waals surface area contributed by atoms with Crippen molar-refractivity contribution in [3.8, 4) is 0 Å². The van der Waals surface area contributed by atoms with Gasteiger partial charge in [0.05, 0.1) is 12.5 Å². The number of hydrogen-bond donors (Lipinski definition) is 0. The van der Waals surface area contributed by atoms with Crippen molar-refractivity contribution in [1.29, 1.82) is 0 Å². The van der Waals surface area contributed by atoms with E-state index in [1.54, 1.807) is 6.26 Å². The monoisotopic (exact) mass is 222 g/mol. The minimum absolute atomic E-state index is 1.01. The van der Waals surface area contributed by atoms with Crippen LogP contribution in [-0.4, -0.2) is 0 Å². The fraction of sp³-hybridized carbons (Fsp3) is 0.375. The first-order valence-electron chi connectivity index (χ1n) is 3.68. The van der Waals surface area contributed by atoms with Gasteiger partial charge in [-0.15, -0.1) is 10.2 Å². The highest BCUT2D eigenvalue weighted by Gasteiger charge is 2.05. The smallest absolute Gasteiger partial charge is 0.222 e. The topological polar surface area (TPSA) is 104 Å². The van der Waals surface area contributed by atoms with Crippen molar-refractivity contribution in [2.75, 3.05) is 0 Å². The third-order valence-corrected chi connectivity index (χ3v) is 1.68. The van der Waals surface area contributed by atoms with Crippen molar-refractivity contribution in [3.05, 3.63) is 29.2 Å². The standard InChI is InChI=1S/C8H11O.ClHO4/c1-6-4-5-9-8(3)7(6)2;2-1(3,4)5/h4-5H,1-3H3;(H,2,3,4,5)/q+1;/p-1. The van der Waals surface area contributed by atoms with E-state index in [1.165, 1.54) is 11.1 Å². The molecule has 0 amide bonds. The molecule has 0 spiro atoms. The Labute approximate surface area is 84.0 Å². The van der Waals surface area contributed by atoms with Gasteiger partial charge < -0.3 is 0 Å². The summed E-state index contributed by atoms with van der Waals surface area (Å²) in [5, 5.41) is 0. The zero-order chi connectivity index (χ0) is 11.4. The average molecular weight is 223 g/mol. The van der Waals surface area contributed by atoms with E-state index in [-0.39, 0.29) is 0 Å². The van der Waals surface area contributed by atoms with Gasteiger partial charge in [0, 0.05) is 6.07 Å². The average Bonchev–Trinajstić information content (AvgIpc) is 1.97. The summed E-state index contributed by atoms with van der Waals surface area (Å²) in [5.41, 5.74) is 2.54. The van der Waals surface area contributed by atoms with Gasteiger partial charge in [-0.05, 0) is 19.4 Å². The van der Waals surface area contributed by atoms with Gasteiger partial charge in [0.1, 0.15) is 0 Å². The van der Waals surface area contributed by atoms with Crippen molar-refractivity contribution in [2.45, 2.75) is 20.8 Å². The van der Waals surface area contributed by atoms with Crippen LogP contribution in [0.2, 0.25) is 0 Å². The Hall–Kier alpha value is -0.720. The molecule has 1 aromatic heterocycles. The van der Waals surface area contributed by atoms with E-state index in [0.717, 1.165) is 5.76 Å². The second kappa shape index (κ2) is 5.23. The first-order chi connectivity index (χ1) is 6.22. The van der Waals surface area contributed by atoms with Crippen LogP contribution >= 0.6 is 0 Å². The molecule has 0 N–H and O–H groups in total. The molecule has 0 aliphatic heterocycles. The summed E-state index contributed by atoms with van der Waals surface area (Å²) in [6.45, 7) is 6.12. The Bertz CT molecular complexity index is 268. The highest BCUT2D eigenvalue weighted by Crippen LogP contribution is 2.09. The Morgan fingerprint density at radius 2 is 1.50 bits per heavy atom. The van der Waals surface area contributed by atoms with E-state index in [2.05, 4.69) is 13.8 Å². The van der Waals surface area contributed by atoms with Gasteiger partial charge in [-0.1, -0.05) is 0 Å². The Kier molecular flexibility index (Phi) is 4.96. The van der Waals surface area contributed by atoms with Gasteiger partial charge in [0.2, 0.25) is 0 Å². The molecule has 0 bridgehead atoms. The van der Waals surface area contributed by atoms with Gasteiger partial charge in [-0.25, -0.2) is 23.1 Å². The number of aryl methyl sites for hydroxylation is 2. The van der Waals surface area contributed by atoms with Crippen molar-refractivity contribution in [3.63, 3.8) is 0 Å². The van der Waals surface area contributed by atoms with Crippen LogP contribution in [0.15, 0.2) is 16.7 Å². The van der Waals surface area contributed by atoms with Crippen LogP contribution in [0.4, 0.5) is 0 Å². The van der Waals surface area contributed by atoms with Gasteiger partial charge in [-0.3, -0.25) is 0 Å². The molecule has 14 heavy (non-hydrogen) atoms. The molecule has 0 saturated heterocycles. The van der Waals surface area contributed by atoms with Gasteiger partial charge >= 0.3 is 12.0 Å². The number of hydrogen-bond acceptors (Lipinski definition) is 4. The molecular formula is C8H11ClO5. The summed E-state index contributed by atoms with van der Waals surface area (Å²) in [6.07, 6.45) is 1.72. The Balaban J connectivity index is 0.000000292. The lowest BCUT2D eigenvalue weighted by Gasteiger charge is -2.17. The van der Waals surface area contributed by atoms with E-state index in [0.29, 0.717) is 0 Å². The molecule has 1 rings (SSSR count). The van der Waals surface area contributed by atoms with E-state index < -0.39 is 10.2 Å². The first kappa shape index (κ1) is 13.3. The molecule has 0 saturated carbocycles. The molecule has 0 aliphatic carbocycles. The summed E-state index contributed by atoms with van der Waals surface area (Å²) in [4.78, 5) is 0. The van der Waals surface area contributed by atoms with E-state index in [9.17, 15) is 0 Å². The van der Waals surface area contributed by atoms with Crippen molar-refractivity contribution in [1.82, 2.24) is 0 Å². The fourth-order valence-electron chi connectivity index (χ4n) is 0.729. The summed E-state index contributed by atoms with van der Waals surface area (Å²) in [6, 6.07) is 1.97. The van der Waals surface area contributed by atoms with E-state index in [1.807, 2.05) is 13.0 Å². The molecule has 0 fully saturated rings. The molecule has 0 aromatic carbocycles. The zero-order valence-corrected chi connectivity index (χ0v) is 8.83. The highest BCUT2D eigenvalue weighted by atomic mass is 35.7. The van der Waals surface area contributed by atoms with Crippen LogP contribution in [-0.2, 0) is 0 Å². The zero-order valence-electron chi connectivity index (χ0n) is 8.07. The maximum atomic E-state index is 8.49. The lowest BCUT2D eigenvalue weighted by atomic mass is 10.1. The fourth-order valence-corrected chi connectivity index (χ4v) is 0.729. The van der Waals surface area contributed by atoms with Crippen molar-refractivity contribution in [2.24, 2.45) is 0 Å². The van der Waals surface area contributed by atoms with E-state index >= 15 is 0 Å². The minimum Gasteiger partial charge on any atom is -0.222 e. The second-order valence-electron chi connectivity index (χ2n) is 2.66. The van der Waals surface area contributed by atoms with Gasteiger partial charge in [0.15, 0.2) is 0 Å². The molecule has 80 valence electrons. The number of halogens is 1. The molecule has 5 nitrogen and oxygen atoms in total. The van der Waals surface area contributed by atoms with Gasteiger partial charge in [-0.2, -0.15) is 0 Å². The molecule has 0 unspecified atom stereocenters. The second-order valence-corrected chi connectivity index (χ2v) is 3.42. The SMILES string of the molecule is Cc1cc[o+]c(C)c1C.[O-][Cl+3]([O-])([O-])[O-]. The quantitative estimate of drug-likeness (QED) is 0.461. The normalized spacial score (nSPS) is 10.5. The minimum atomic E-state index is -4.94. The maximum absolute atomic E-state index is 8.49. The van der Waals surface area contributed by atoms with Crippen LogP contribution in [0, 0.1) is 31.0 Å². The van der Waals surface area contributed by atoms with Crippen LogP contribution in [0.1, 0.15) is 16.9 Å². The summed E-state index contributed by atoms with van der Waals surface area (Å²) in [7, 11) is -4.94. The van der Waals surface area contributed by atoms with Crippen LogP contribution in [0.3, 0.4) is 0 Å². The molecular weight excluding hydrogens is 212 g/mol. The lowest BCUT2D eigenvalue weighted by molar-refractivity contribution is -2.00. The first-order valence-corrected chi connectivity index (χ1v) is 4.91. The predicted octanol–water partition coefficient (Wildman–Crippen LogP) is -2.27. The Morgan fingerprint density at radius 3 is 1.79 bits per heavy atom. The highest BCUT2D eigenvalue weighted by molar-refractivity contribution is 5.23. The third-order valence-electron chi connectivity index (χ3n) is 1.68. The molecule has 0 atom stereocenters.